The molecule has 0 unspecified atom stereocenters. The number of carboxylic acid groups (broad SMARTS) is 1. The van der Waals surface area contributed by atoms with Gasteiger partial charge in [0.1, 0.15) is 12.3 Å². The van der Waals surface area contributed by atoms with Gasteiger partial charge in [0.2, 0.25) is 0 Å². The number of carboxylic acids is 1. The van der Waals surface area contributed by atoms with Gasteiger partial charge in [-0.25, -0.2) is 4.79 Å². The summed E-state index contributed by atoms with van der Waals surface area (Å²) in [6, 6.07) is 18.2. The zero-order valence-corrected chi connectivity index (χ0v) is 17.0. The monoisotopic (exact) mass is 432 g/mol. The molecule has 1 aliphatic rings. The number of nitrogens with one attached hydrogen (secondary N) is 1. The molecule has 0 aromatic heterocycles. The van der Waals surface area contributed by atoms with Crippen LogP contribution in [0.1, 0.15) is 28.7 Å². The number of hydrogen-bond donors (Lipinski definition) is 2. The summed E-state index contributed by atoms with van der Waals surface area (Å²) in [5.74, 6) is -1.04. The summed E-state index contributed by atoms with van der Waals surface area (Å²) in [4.78, 5) is 34.2. The Bertz CT molecular complexity index is 1220. The number of aliphatic carboxylic acids is 1. The Kier molecular flexibility index (Phi) is 5.85. The molecule has 0 radical (unpaired) electrons. The Labute approximate surface area is 183 Å². The third-order valence-electron chi connectivity index (χ3n) is 5.47. The SMILES string of the molecule is O=C(O)CCc1cccc([N+](=O)[O-])c1NC(=O)OCc1cccc2c1Cc1ccccc1-2. The van der Waals surface area contributed by atoms with Crippen molar-refractivity contribution in [1.29, 1.82) is 0 Å². The van der Waals surface area contributed by atoms with Gasteiger partial charge in [-0.3, -0.25) is 20.2 Å². The van der Waals surface area contributed by atoms with E-state index in [2.05, 4.69) is 17.4 Å². The fraction of sp³-hybridized carbons (Fsp3) is 0.167. The number of fused-ring (bicyclic) bond motifs is 3. The molecule has 0 saturated heterocycles. The second kappa shape index (κ2) is 8.89. The molecule has 4 rings (SSSR count). The largest absolute Gasteiger partial charge is 0.481 e. The molecule has 2 N–H and O–H groups in total. The summed E-state index contributed by atoms with van der Waals surface area (Å²) in [6.45, 7) is 0.00802. The standard InChI is InChI=1S/C24H20N2O6/c27-22(28)12-11-15-6-4-10-21(26(30)31)23(15)25-24(29)32-14-17-7-3-9-19-18-8-2-1-5-16(18)13-20(17)19/h1-10H,11-14H2,(H,25,29)(H,27,28). The van der Waals surface area contributed by atoms with Crippen molar-refractivity contribution in [3.05, 3.63) is 93.0 Å². The fourth-order valence-corrected chi connectivity index (χ4v) is 3.97. The highest BCUT2D eigenvalue weighted by Gasteiger charge is 2.23. The van der Waals surface area contributed by atoms with Gasteiger partial charge >= 0.3 is 12.1 Å². The van der Waals surface area contributed by atoms with Gasteiger partial charge in [-0.15, -0.1) is 0 Å². The van der Waals surface area contributed by atoms with Crippen LogP contribution in [0.2, 0.25) is 0 Å². The molecular weight excluding hydrogens is 412 g/mol. The van der Waals surface area contributed by atoms with E-state index >= 15 is 0 Å². The molecule has 0 fully saturated rings. The van der Waals surface area contributed by atoms with Crippen LogP contribution >= 0.6 is 0 Å². The minimum absolute atomic E-state index is 0.00802. The summed E-state index contributed by atoms with van der Waals surface area (Å²) in [7, 11) is 0. The number of carbonyl (C=O) groups excluding carboxylic acids is 1. The van der Waals surface area contributed by atoms with E-state index in [0.717, 1.165) is 28.7 Å². The van der Waals surface area contributed by atoms with Crippen molar-refractivity contribution >= 4 is 23.4 Å². The summed E-state index contributed by atoms with van der Waals surface area (Å²) >= 11 is 0. The second-order valence-corrected chi connectivity index (χ2v) is 7.44. The van der Waals surface area contributed by atoms with Crippen LogP contribution in [0, 0.1) is 10.1 Å². The summed E-state index contributed by atoms with van der Waals surface area (Å²) in [5, 5.41) is 22.8. The molecule has 8 nitrogen and oxygen atoms in total. The highest BCUT2D eigenvalue weighted by Crippen LogP contribution is 2.38. The number of anilines is 1. The summed E-state index contributed by atoms with van der Waals surface area (Å²) in [6.07, 6.45) is -0.279. The van der Waals surface area contributed by atoms with E-state index in [4.69, 9.17) is 9.84 Å². The predicted octanol–water partition coefficient (Wildman–Crippen LogP) is 4.93. The zero-order chi connectivity index (χ0) is 22.7. The summed E-state index contributed by atoms with van der Waals surface area (Å²) < 4.78 is 5.38. The van der Waals surface area contributed by atoms with Crippen LogP contribution in [0.4, 0.5) is 16.2 Å². The van der Waals surface area contributed by atoms with Crippen molar-refractivity contribution in [2.75, 3.05) is 5.32 Å². The number of ether oxygens (including phenoxy) is 1. The van der Waals surface area contributed by atoms with Gasteiger partial charge in [0.25, 0.3) is 5.69 Å². The van der Waals surface area contributed by atoms with Gasteiger partial charge in [-0.2, -0.15) is 0 Å². The van der Waals surface area contributed by atoms with E-state index in [9.17, 15) is 19.7 Å². The van der Waals surface area contributed by atoms with Crippen LogP contribution in [0.25, 0.3) is 11.1 Å². The number of amides is 1. The van der Waals surface area contributed by atoms with Gasteiger partial charge in [0.15, 0.2) is 0 Å². The maximum absolute atomic E-state index is 12.5. The maximum atomic E-state index is 12.5. The average Bonchev–Trinajstić information content (AvgIpc) is 3.16. The fourth-order valence-electron chi connectivity index (χ4n) is 3.97. The number of benzene rings is 3. The van der Waals surface area contributed by atoms with Crippen molar-refractivity contribution in [3.8, 4) is 11.1 Å². The Morgan fingerprint density at radius 3 is 2.50 bits per heavy atom. The molecule has 0 heterocycles. The molecule has 1 amide bonds. The Balaban J connectivity index is 1.50. The highest BCUT2D eigenvalue weighted by molar-refractivity contribution is 5.89. The number of hydrogen-bond acceptors (Lipinski definition) is 5. The van der Waals surface area contributed by atoms with Crippen molar-refractivity contribution in [1.82, 2.24) is 0 Å². The number of nitro benzene ring substituents is 1. The van der Waals surface area contributed by atoms with Crippen molar-refractivity contribution in [3.63, 3.8) is 0 Å². The first-order chi connectivity index (χ1) is 15.4. The van der Waals surface area contributed by atoms with Crippen LogP contribution in [-0.4, -0.2) is 22.1 Å². The van der Waals surface area contributed by atoms with E-state index in [1.54, 1.807) is 6.07 Å². The number of aryl methyl sites for hydroxylation is 1. The van der Waals surface area contributed by atoms with Gasteiger partial charge in [0.05, 0.1) is 4.92 Å². The third kappa shape index (κ3) is 4.29. The molecule has 0 bridgehead atoms. The molecule has 0 saturated carbocycles. The van der Waals surface area contributed by atoms with Crippen LogP contribution in [0.15, 0.2) is 60.7 Å². The average molecular weight is 432 g/mol. The van der Waals surface area contributed by atoms with Crippen molar-refractivity contribution in [2.24, 2.45) is 0 Å². The van der Waals surface area contributed by atoms with Gasteiger partial charge in [-0.05, 0) is 46.2 Å². The molecule has 3 aromatic rings. The van der Waals surface area contributed by atoms with Crippen molar-refractivity contribution in [2.45, 2.75) is 25.9 Å². The van der Waals surface area contributed by atoms with Crippen LogP contribution in [-0.2, 0) is 29.0 Å². The number of nitrogens with zero attached hydrogens (tertiary/aromatic N) is 1. The Morgan fingerprint density at radius 2 is 1.72 bits per heavy atom. The predicted molar refractivity (Wildman–Crippen MR) is 118 cm³/mol. The van der Waals surface area contributed by atoms with E-state index in [1.165, 1.54) is 17.7 Å². The topological polar surface area (TPSA) is 119 Å². The number of rotatable bonds is 7. The van der Waals surface area contributed by atoms with E-state index in [-0.39, 0.29) is 30.8 Å². The number of nitro groups is 1. The molecule has 0 spiro atoms. The number of para-hydroxylation sites is 1. The smallest absolute Gasteiger partial charge is 0.412 e. The summed E-state index contributed by atoms with van der Waals surface area (Å²) in [5.41, 5.74) is 5.43. The molecule has 1 aliphatic carbocycles. The highest BCUT2D eigenvalue weighted by atomic mass is 16.6. The lowest BCUT2D eigenvalue weighted by Gasteiger charge is -2.13. The molecule has 0 aliphatic heterocycles. The lowest BCUT2D eigenvalue weighted by molar-refractivity contribution is -0.384. The van der Waals surface area contributed by atoms with Crippen LogP contribution < -0.4 is 5.32 Å². The van der Waals surface area contributed by atoms with Gasteiger partial charge in [0, 0.05) is 12.5 Å². The Hall–Kier alpha value is -4.20. The van der Waals surface area contributed by atoms with Crippen LogP contribution in [0.5, 0.6) is 0 Å². The third-order valence-corrected chi connectivity index (χ3v) is 5.47. The first-order valence-corrected chi connectivity index (χ1v) is 10.0. The second-order valence-electron chi connectivity index (χ2n) is 7.44. The number of carbonyl (C=O) groups is 2. The molecule has 8 heteroatoms. The quantitative estimate of drug-likeness (QED) is 0.316. The molecule has 32 heavy (non-hydrogen) atoms. The minimum Gasteiger partial charge on any atom is -0.481 e. The maximum Gasteiger partial charge on any atom is 0.412 e. The van der Waals surface area contributed by atoms with E-state index in [0.29, 0.717) is 5.56 Å². The van der Waals surface area contributed by atoms with Gasteiger partial charge in [-0.1, -0.05) is 54.6 Å². The first-order valence-electron chi connectivity index (χ1n) is 10.0. The zero-order valence-electron chi connectivity index (χ0n) is 17.0. The normalized spacial score (nSPS) is 11.4. The van der Waals surface area contributed by atoms with E-state index in [1.807, 2.05) is 30.3 Å². The first kappa shape index (κ1) is 21.0. The Morgan fingerprint density at radius 1 is 1.00 bits per heavy atom. The molecular formula is C24H20N2O6. The van der Waals surface area contributed by atoms with Gasteiger partial charge < -0.3 is 9.84 Å². The molecule has 3 aromatic carbocycles. The van der Waals surface area contributed by atoms with Crippen molar-refractivity contribution < 1.29 is 24.4 Å². The lowest BCUT2D eigenvalue weighted by atomic mass is 10.0. The molecule has 0 atom stereocenters. The van der Waals surface area contributed by atoms with Crippen LogP contribution in [0.3, 0.4) is 0 Å². The van der Waals surface area contributed by atoms with E-state index < -0.39 is 17.0 Å². The lowest BCUT2D eigenvalue weighted by Crippen LogP contribution is -2.16. The minimum atomic E-state index is -1.04. The molecule has 162 valence electrons.